The van der Waals surface area contributed by atoms with E-state index in [9.17, 15) is 4.79 Å². The van der Waals surface area contributed by atoms with Gasteiger partial charge in [-0.05, 0) is 58.5 Å². The third kappa shape index (κ3) is 8.87. The van der Waals surface area contributed by atoms with Crippen LogP contribution in [0.25, 0.3) is 22.4 Å². The first-order chi connectivity index (χ1) is 16.4. The molecule has 2 aromatic heterocycles. The Morgan fingerprint density at radius 2 is 1.83 bits per heavy atom. The van der Waals surface area contributed by atoms with Crippen LogP contribution in [0, 0.1) is 0 Å². The lowest BCUT2D eigenvalue weighted by Crippen LogP contribution is -2.25. The number of rotatable bonds is 11. The molecule has 2 N–H and O–H groups in total. The van der Waals surface area contributed by atoms with Crippen LogP contribution < -0.4 is 10.6 Å². The fourth-order valence-corrected chi connectivity index (χ4v) is 3.97. The molecule has 10 heteroatoms. The number of pyridine rings is 1. The third-order valence-electron chi connectivity index (χ3n) is 5.57. The molecule has 0 spiro atoms. The van der Waals surface area contributed by atoms with Crippen molar-refractivity contribution in [2.45, 2.75) is 54.0 Å². The Bertz CT molecular complexity index is 1100. The van der Waals surface area contributed by atoms with Gasteiger partial charge in [0, 0.05) is 22.1 Å². The Hall–Kier alpha value is -2.49. The second-order valence-electron chi connectivity index (χ2n) is 8.05. The second-order valence-corrected chi connectivity index (χ2v) is 8.97. The number of carbonyl (C=O) groups is 1. The Balaban J connectivity index is 0.00000324. The molecule has 0 aliphatic carbocycles. The monoisotopic (exact) mass is 580 g/mol. The van der Waals surface area contributed by atoms with Crippen LogP contribution in [-0.4, -0.2) is 58.2 Å². The van der Waals surface area contributed by atoms with E-state index in [4.69, 9.17) is 9.72 Å². The average molecular weight is 582 g/mol. The van der Waals surface area contributed by atoms with E-state index in [1.807, 2.05) is 24.3 Å². The number of hydrogen-bond donors (Lipinski definition) is 2. The first-order valence-corrected chi connectivity index (χ1v) is 12.6. The summed E-state index contributed by atoms with van der Waals surface area (Å²) in [5.41, 5.74) is 3.53. The average Bonchev–Trinajstić information content (AvgIpc) is 2.82. The predicted octanol–water partition coefficient (Wildman–Crippen LogP) is 7.00. The molecule has 36 heavy (non-hydrogen) atoms. The molecule has 3 rings (SSSR count). The first-order valence-electron chi connectivity index (χ1n) is 11.8. The summed E-state index contributed by atoms with van der Waals surface area (Å²) < 4.78 is 6.02. The smallest absolute Gasteiger partial charge is 0.412 e. The fraction of sp³-hybridized carbons (Fsp3) is 0.462. The van der Waals surface area contributed by atoms with Crippen LogP contribution in [-0.2, 0) is 4.74 Å². The minimum Gasteiger partial charge on any atom is -0.450 e. The summed E-state index contributed by atoms with van der Waals surface area (Å²) in [4.78, 5) is 28.4. The number of hydrogen-bond acceptors (Lipinski definition) is 7. The van der Waals surface area contributed by atoms with Gasteiger partial charge in [0.15, 0.2) is 5.65 Å². The van der Waals surface area contributed by atoms with Gasteiger partial charge in [-0.3, -0.25) is 5.32 Å². The molecule has 1 amide bonds. The maximum atomic E-state index is 12.0. The molecule has 1 unspecified atom stereocenters. The summed E-state index contributed by atoms with van der Waals surface area (Å²) in [7, 11) is 0. The molecule has 2 heterocycles. The lowest BCUT2D eigenvalue weighted by Gasteiger charge is -2.21. The predicted molar refractivity (Wildman–Crippen MR) is 155 cm³/mol. The molecule has 0 fully saturated rings. The van der Waals surface area contributed by atoms with Crippen LogP contribution in [0.15, 0.2) is 41.0 Å². The molecular formula is C26H38BrClN6O2. The van der Waals surface area contributed by atoms with Crippen molar-refractivity contribution < 1.29 is 9.53 Å². The van der Waals surface area contributed by atoms with Crippen molar-refractivity contribution in [3.8, 4) is 11.3 Å². The number of anilines is 2. The molecule has 3 aromatic rings. The summed E-state index contributed by atoms with van der Waals surface area (Å²) in [5, 5.41) is 6.24. The zero-order chi connectivity index (χ0) is 24.5. The quantitative estimate of drug-likeness (QED) is 0.252. The molecule has 0 bridgehead atoms. The van der Waals surface area contributed by atoms with E-state index in [-0.39, 0.29) is 32.5 Å². The molecule has 1 atom stereocenters. The maximum Gasteiger partial charge on any atom is 0.412 e. The van der Waals surface area contributed by atoms with E-state index >= 15 is 0 Å². The van der Waals surface area contributed by atoms with E-state index in [0.717, 1.165) is 48.2 Å². The zero-order valence-electron chi connectivity index (χ0n) is 20.7. The van der Waals surface area contributed by atoms with Crippen molar-refractivity contribution in [2.24, 2.45) is 0 Å². The molecular weight excluding hydrogens is 544 g/mol. The van der Waals surface area contributed by atoms with Crippen LogP contribution in [0.1, 0.15) is 48.0 Å². The van der Waals surface area contributed by atoms with E-state index in [1.54, 1.807) is 19.2 Å². The third-order valence-corrected chi connectivity index (χ3v) is 6.10. The highest BCUT2D eigenvalue weighted by atomic mass is 79.9. The first kappa shape index (κ1) is 31.5. The van der Waals surface area contributed by atoms with Gasteiger partial charge in [-0.15, -0.1) is 12.4 Å². The topological polar surface area (TPSA) is 92.3 Å². The molecule has 0 aliphatic rings. The minimum atomic E-state index is -0.551. The van der Waals surface area contributed by atoms with Crippen molar-refractivity contribution in [3.05, 3.63) is 41.0 Å². The molecule has 1 aromatic carbocycles. The van der Waals surface area contributed by atoms with Crippen molar-refractivity contribution in [3.63, 3.8) is 0 Å². The van der Waals surface area contributed by atoms with Crippen LogP contribution in [0.3, 0.4) is 0 Å². The molecule has 0 aliphatic heterocycles. The van der Waals surface area contributed by atoms with Crippen LogP contribution >= 0.6 is 28.3 Å². The lowest BCUT2D eigenvalue weighted by atomic mass is 10.1. The van der Waals surface area contributed by atoms with Gasteiger partial charge in [0.05, 0.1) is 24.2 Å². The fourth-order valence-electron chi connectivity index (χ4n) is 3.70. The highest BCUT2D eigenvalue weighted by Crippen LogP contribution is 2.27. The Labute approximate surface area is 229 Å². The molecule has 0 radical (unpaired) electrons. The van der Waals surface area contributed by atoms with Gasteiger partial charge in [0.25, 0.3) is 0 Å². The summed E-state index contributed by atoms with van der Waals surface area (Å²) >= 11 is 3.46. The molecule has 0 saturated carbocycles. The van der Waals surface area contributed by atoms with E-state index in [1.165, 1.54) is 0 Å². The summed E-state index contributed by atoms with van der Waals surface area (Å²) in [6.07, 6.45) is 3.30. The van der Waals surface area contributed by atoms with Crippen LogP contribution in [0.2, 0.25) is 0 Å². The number of fused-ring (bicyclic) bond motifs is 1. The summed E-state index contributed by atoms with van der Waals surface area (Å²) in [6, 6.07) is 9.86. The summed E-state index contributed by atoms with van der Waals surface area (Å²) in [6.45, 7) is 11.8. The van der Waals surface area contributed by atoms with Gasteiger partial charge >= 0.3 is 6.09 Å². The van der Waals surface area contributed by atoms with E-state index in [0.29, 0.717) is 22.7 Å². The second kappa shape index (κ2) is 15.6. The lowest BCUT2D eigenvalue weighted by molar-refractivity contribution is 0.168. The Morgan fingerprint density at radius 1 is 1.14 bits per heavy atom. The number of halogens is 2. The zero-order valence-corrected chi connectivity index (χ0v) is 23.1. The highest BCUT2D eigenvalue weighted by Gasteiger charge is 2.15. The molecule has 198 valence electrons. The molecule has 8 nitrogen and oxygen atoms in total. The number of ether oxygens (including phenoxy) is 1. The van der Waals surface area contributed by atoms with E-state index in [2.05, 4.69) is 62.2 Å². The standard InChI is InChI=1S/C25H33BrN6O2.CH4.ClH/c1-5-32(6-2)14-8-9-17(4)28-20-15-22(31-25(33)34-7-3)30-24-23(20)27-16-21(29-24)18-10-12-19(26)13-11-18;;/h10-13,15-17H,5-9,14H2,1-4H3,(H2,28,29,30,31,33);1H4;1H. The Morgan fingerprint density at radius 3 is 2.47 bits per heavy atom. The maximum absolute atomic E-state index is 12.0. The summed E-state index contributed by atoms with van der Waals surface area (Å²) in [5.74, 6) is 0.367. The Kier molecular flexibility index (Phi) is 13.7. The van der Waals surface area contributed by atoms with Crippen LogP contribution in [0.4, 0.5) is 16.3 Å². The van der Waals surface area contributed by atoms with Crippen LogP contribution in [0.5, 0.6) is 0 Å². The number of benzene rings is 1. The normalized spacial score (nSPS) is 11.4. The number of amides is 1. The van der Waals surface area contributed by atoms with Gasteiger partial charge in [-0.1, -0.05) is 49.3 Å². The number of carbonyl (C=O) groups excluding carboxylic acids is 1. The highest BCUT2D eigenvalue weighted by molar-refractivity contribution is 9.10. The molecule has 0 saturated heterocycles. The number of nitrogens with zero attached hydrogens (tertiary/aromatic N) is 4. The van der Waals surface area contributed by atoms with Crippen molar-refractivity contribution >= 4 is 57.1 Å². The number of aromatic nitrogens is 3. The van der Waals surface area contributed by atoms with Gasteiger partial charge in [0.1, 0.15) is 11.3 Å². The number of nitrogens with one attached hydrogen (secondary N) is 2. The van der Waals surface area contributed by atoms with Gasteiger partial charge < -0.3 is 15.0 Å². The van der Waals surface area contributed by atoms with E-state index < -0.39 is 6.09 Å². The van der Waals surface area contributed by atoms with Crippen molar-refractivity contribution in [1.82, 2.24) is 19.9 Å². The minimum absolute atomic E-state index is 0. The van der Waals surface area contributed by atoms with Gasteiger partial charge in [0.2, 0.25) is 0 Å². The SMILES string of the molecule is C.CCOC(=O)Nc1cc(NC(C)CCCN(CC)CC)c2ncc(-c3ccc(Br)cc3)nc2n1.Cl. The van der Waals surface area contributed by atoms with Gasteiger partial charge in [-0.2, -0.15) is 0 Å². The van der Waals surface area contributed by atoms with Gasteiger partial charge in [-0.25, -0.2) is 19.7 Å². The van der Waals surface area contributed by atoms with Crippen molar-refractivity contribution in [1.29, 1.82) is 0 Å². The largest absolute Gasteiger partial charge is 0.450 e. The van der Waals surface area contributed by atoms with Crippen molar-refractivity contribution in [2.75, 3.05) is 36.9 Å².